The fraction of sp³-hybridized carbons (Fsp3) is 0.562. The maximum absolute atomic E-state index is 12.2. The van der Waals surface area contributed by atoms with Crippen LogP contribution in [0.1, 0.15) is 18.6 Å². The van der Waals surface area contributed by atoms with Crippen LogP contribution >= 0.6 is 11.6 Å². The van der Waals surface area contributed by atoms with Crippen LogP contribution in [0.4, 0.5) is 0 Å². The van der Waals surface area contributed by atoms with Crippen LogP contribution in [0.15, 0.2) is 24.3 Å². The molecular formula is C16H24ClN3O2. The second kappa shape index (κ2) is 7.92. The molecule has 0 saturated carbocycles. The molecule has 1 aromatic carbocycles. The molecule has 122 valence electrons. The molecule has 1 aliphatic heterocycles. The highest BCUT2D eigenvalue weighted by atomic mass is 35.5. The molecule has 2 atom stereocenters. The number of aliphatic hydroxyl groups excluding tert-OH is 1. The molecule has 1 saturated heterocycles. The summed E-state index contributed by atoms with van der Waals surface area (Å²) >= 11 is 6.05. The molecule has 1 aliphatic rings. The maximum Gasteiger partial charge on any atom is 0.237 e. The van der Waals surface area contributed by atoms with Crippen LogP contribution < -0.4 is 5.32 Å². The number of hydrogen-bond acceptors (Lipinski definition) is 4. The number of nitrogens with zero attached hydrogens (tertiary/aromatic N) is 2. The topological polar surface area (TPSA) is 55.8 Å². The summed E-state index contributed by atoms with van der Waals surface area (Å²) in [7, 11) is 2.09. The number of halogens is 1. The van der Waals surface area contributed by atoms with E-state index in [1.807, 2.05) is 19.1 Å². The average molecular weight is 326 g/mol. The number of likely N-dealkylation sites (N-methyl/N-ethyl adjacent to an activating group) is 1. The van der Waals surface area contributed by atoms with Crippen LogP contribution in [0.25, 0.3) is 0 Å². The number of hydrogen-bond donors (Lipinski definition) is 2. The van der Waals surface area contributed by atoms with Gasteiger partial charge in [0, 0.05) is 43.3 Å². The number of benzene rings is 1. The Morgan fingerprint density at radius 3 is 2.59 bits per heavy atom. The van der Waals surface area contributed by atoms with Gasteiger partial charge in [0.1, 0.15) is 0 Å². The molecule has 1 amide bonds. The van der Waals surface area contributed by atoms with E-state index in [-0.39, 0.29) is 18.5 Å². The Labute approximate surface area is 136 Å². The molecule has 0 radical (unpaired) electrons. The van der Waals surface area contributed by atoms with E-state index in [9.17, 15) is 9.90 Å². The van der Waals surface area contributed by atoms with Gasteiger partial charge in [0.25, 0.3) is 0 Å². The van der Waals surface area contributed by atoms with E-state index in [1.54, 1.807) is 12.1 Å². The van der Waals surface area contributed by atoms with Crippen LogP contribution in [-0.4, -0.2) is 66.6 Å². The second-order valence-electron chi connectivity index (χ2n) is 5.80. The number of rotatable bonds is 5. The van der Waals surface area contributed by atoms with Crippen LogP contribution in [-0.2, 0) is 4.79 Å². The highest BCUT2D eigenvalue weighted by Crippen LogP contribution is 2.21. The van der Waals surface area contributed by atoms with Gasteiger partial charge < -0.3 is 15.3 Å². The van der Waals surface area contributed by atoms with Crippen molar-refractivity contribution in [1.82, 2.24) is 15.1 Å². The fourth-order valence-electron chi connectivity index (χ4n) is 2.58. The summed E-state index contributed by atoms with van der Waals surface area (Å²) in [5.41, 5.74) is 0.636. The zero-order valence-electron chi connectivity index (χ0n) is 13.1. The Bertz CT molecular complexity index is 504. The van der Waals surface area contributed by atoms with Gasteiger partial charge in [0.15, 0.2) is 0 Å². The van der Waals surface area contributed by atoms with Crippen molar-refractivity contribution in [2.45, 2.75) is 19.1 Å². The highest BCUT2D eigenvalue weighted by Gasteiger charge is 2.24. The average Bonchev–Trinajstić information content (AvgIpc) is 2.52. The standard InChI is InChI=1S/C16H24ClN3O2/c1-12(20-9-7-19(2)8-10-20)16(22)18-11-15(21)13-5-3-4-6-14(13)17/h3-6,12,15,21H,7-11H2,1-2H3,(H,18,22). The van der Waals surface area contributed by atoms with E-state index in [0.717, 1.165) is 26.2 Å². The molecule has 1 aromatic rings. The molecule has 0 aliphatic carbocycles. The van der Waals surface area contributed by atoms with Gasteiger partial charge in [-0.3, -0.25) is 9.69 Å². The first-order chi connectivity index (χ1) is 10.5. The minimum atomic E-state index is -0.794. The van der Waals surface area contributed by atoms with E-state index >= 15 is 0 Å². The third-order valence-electron chi connectivity index (χ3n) is 4.20. The van der Waals surface area contributed by atoms with Crippen molar-refractivity contribution in [3.8, 4) is 0 Å². The minimum Gasteiger partial charge on any atom is -0.387 e. The highest BCUT2D eigenvalue weighted by molar-refractivity contribution is 6.31. The summed E-state index contributed by atoms with van der Waals surface area (Å²) in [5, 5.41) is 13.5. The summed E-state index contributed by atoms with van der Waals surface area (Å²) in [6.45, 7) is 5.79. The number of piperazine rings is 1. The van der Waals surface area contributed by atoms with Gasteiger partial charge in [0.2, 0.25) is 5.91 Å². The molecule has 2 rings (SSSR count). The lowest BCUT2D eigenvalue weighted by atomic mass is 10.1. The third-order valence-corrected chi connectivity index (χ3v) is 4.54. The summed E-state index contributed by atoms with van der Waals surface area (Å²) in [4.78, 5) is 16.7. The van der Waals surface area contributed by atoms with Gasteiger partial charge in [-0.2, -0.15) is 0 Å². The Kier molecular flexibility index (Phi) is 6.20. The molecule has 2 N–H and O–H groups in total. The molecule has 0 spiro atoms. The SMILES string of the molecule is CC(C(=O)NCC(O)c1ccccc1Cl)N1CCN(C)CC1. The zero-order chi connectivity index (χ0) is 16.1. The van der Waals surface area contributed by atoms with Crippen LogP contribution in [0.3, 0.4) is 0 Å². The summed E-state index contributed by atoms with van der Waals surface area (Å²) in [6.07, 6.45) is -0.794. The van der Waals surface area contributed by atoms with Crippen molar-refractivity contribution < 1.29 is 9.90 Å². The molecule has 6 heteroatoms. The molecule has 0 bridgehead atoms. The van der Waals surface area contributed by atoms with E-state index in [0.29, 0.717) is 10.6 Å². The molecule has 1 fully saturated rings. The Balaban J connectivity index is 1.83. The smallest absolute Gasteiger partial charge is 0.237 e. The van der Waals surface area contributed by atoms with E-state index in [1.165, 1.54) is 0 Å². The second-order valence-corrected chi connectivity index (χ2v) is 6.20. The predicted octanol–water partition coefficient (Wildman–Crippen LogP) is 1.13. The van der Waals surface area contributed by atoms with Crippen LogP contribution in [0.2, 0.25) is 5.02 Å². The number of carbonyl (C=O) groups is 1. The van der Waals surface area contributed by atoms with Crippen molar-refractivity contribution in [1.29, 1.82) is 0 Å². The van der Waals surface area contributed by atoms with Crippen molar-refractivity contribution >= 4 is 17.5 Å². The maximum atomic E-state index is 12.2. The minimum absolute atomic E-state index is 0.0596. The first-order valence-electron chi connectivity index (χ1n) is 7.62. The quantitative estimate of drug-likeness (QED) is 0.852. The van der Waals surface area contributed by atoms with Gasteiger partial charge in [-0.25, -0.2) is 0 Å². The number of amides is 1. The largest absolute Gasteiger partial charge is 0.387 e. The van der Waals surface area contributed by atoms with E-state index in [4.69, 9.17) is 11.6 Å². The van der Waals surface area contributed by atoms with Crippen LogP contribution in [0, 0.1) is 0 Å². The molecule has 1 heterocycles. The summed E-state index contributed by atoms with van der Waals surface area (Å²) in [6, 6.07) is 6.94. The van der Waals surface area contributed by atoms with Gasteiger partial charge in [-0.1, -0.05) is 29.8 Å². The monoisotopic (exact) mass is 325 g/mol. The zero-order valence-corrected chi connectivity index (χ0v) is 13.9. The van der Waals surface area contributed by atoms with Gasteiger partial charge >= 0.3 is 0 Å². The normalized spacial score (nSPS) is 19.6. The molecular weight excluding hydrogens is 302 g/mol. The lowest BCUT2D eigenvalue weighted by Crippen LogP contribution is -2.53. The van der Waals surface area contributed by atoms with E-state index in [2.05, 4.69) is 22.2 Å². The first kappa shape index (κ1) is 17.2. The molecule has 0 aromatic heterocycles. The van der Waals surface area contributed by atoms with Crippen molar-refractivity contribution in [2.75, 3.05) is 39.8 Å². The summed E-state index contributed by atoms with van der Waals surface area (Å²) in [5.74, 6) is -0.0596. The number of carbonyl (C=O) groups excluding carboxylic acids is 1. The molecule has 22 heavy (non-hydrogen) atoms. The first-order valence-corrected chi connectivity index (χ1v) is 7.99. The van der Waals surface area contributed by atoms with E-state index < -0.39 is 6.10 Å². The lowest BCUT2D eigenvalue weighted by Gasteiger charge is -2.35. The van der Waals surface area contributed by atoms with Crippen molar-refractivity contribution in [3.05, 3.63) is 34.9 Å². The number of nitrogens with one attached hydrogen (secondary N) is 1. The molecule has 5 nitrogen and oxygen atoms in total. The lowest BCUT2D eigenvalue weighted by molar-refractivity contribution is -0.127. The number of aliphatic hydroxyl groups is 1. The predicted molar refractivity (Wildman–Crippen MR) is 88.0 cm³/mol. The third kappa shape index (κ3) is 4.43. The molecule has 2 unspecified atom stereocenters. The van der Waals surface area contributed by atoms with Gasteiger partial charge in [-0.05, 0) is 20.0 Å². The van der Waals surface area contributed by atoms with Gasteiger partial charge in [-0.15, -0.1) is 0 Å². The van der Waals surface area contributed by atoms with Crippen molar-refractivity contribution in [3.63, 3.8) is 0 Å². The Morgan fingerprint density at radius 1 is 1.32 bits per heavy atom. The van der Waals surface area contributed by atoms with Crippen LogP contribution in [0.5, 0.6) is 0 Å². The van der Waals surface area contributed by atoms with Crippen molar-refractivity contribution in [2.24, 2.45) is 0 Å². The van der Waals surface area contributed by atoms with Gasteiger partial charge in [0.05, 0.1) is 12.1 Å². The fourth-order valence-corrected chi connectivity index (χ4v) is 2.84. The summed E-state index contributed by atoms with van der Waals surface area (Å²) < 4.78 is 0. The Morgan fingerprint density at radius 2 is 1.95 bits per heavy atom. The Hall–Kier alpha value is -1.14.